The van der Waals surface area contributed by atoms with Gasteiger partial charge in [-0.3, -0.25) is 4.79 Å². The Bertz CT molecular complexity index is 573. The van der Waals surface area contributed by atoms with E-state index in [-0.39, 0.29) is 5.91 Å². The number of rotatable bonds is 3. The van der Waals surface area contributed by atoms with Crippen molar-refractivity contribution >= 4 is 11.9 Å². The van der Waals surface area contributed by atoms with E-state index in [4.69, 9.17) is 0 Å². The third-order valence-electron chi connectivity index (χ3n) is 3.37. The zero-order valence-corrected chi connectivity index (χ0v) is 11.1. The summed E-state index contributed by atoms with van der Waals surface area (Å²) in [4.78, 5) is 24.4. The molecule has 0 N–H and O–H groups in total. The molecule has 0 unspecified atom stereocenters. The van der Waals surface area contributed by atoms with Crippen molar-refractivity contribution in [3.05, 3.63) is 54.4 Å². The van der Waals surface area contributed by atoms with E-state index in [1.165, 1.54) is 0 Å². The van der Waals surface area contributed by atoms with Crippen molar-refractivity contribution in [1.29, 1.82) is 0 Å². The lowest BCUT2D eigenvalue weighted by atomic mass is 10.2. The molecule has 5 nitrogen and oxygen atoms in total. The van der Waals surface area contributed by atoms with Gasteiger partial charge in [0.05, 0.1) is 0 Å². The van der Waals surface area contributed by atoms with Gasteiger partial charge in [-0.2, -0.15) is 0 Å². The normalized spacial score (nSPS) is 15.5. The van der Waals surface area contributed by atoms with Crippen LogP contribution in [0.5, 0.6) is 0 Å². The van der Waals surface area contributed by atoms with Crippen LogP contribution in [0.4, 0.5) is 5.95 Å². The van der Waals surface area contributed by atoms with Gasteiger partial charge < -0.3 is 9.80 Å². The Morgan fingerprint density at radius 2 is 1.75 bits per heavy atom. The molecule has 1 saturated heterocycles. The second-order valence-electron chi connectivity index (χ2n) is 4.77. The second-order valence-corrected chi connectivity index (χ2v) is 4.77. The molecule has 1 aliphatic heterocycles. The minimum atomic E-state index is 0.118. The molecule has 0 spiro atoms. The van der Waals surface area contributed by atoms with Crippen molar-refractivity contribution in [3.8, 4) is 0 Å². The van der Waals surface area contributed by atoms with Crippen molar-refractivity contribution < 1.29 is 4.79 Å². The molecule has 3 rings (SSSR count). The van der Waals surface area contributed by atoms with E-state index in [9.17, 15) is 4.79 Å². The van der Waals surface area contributed by atoms with E-state index >= 15 is 0 Å². The highest BCUT2D eigenvalue weighted by Crippen LogP contribution is 2.13. The fourth-order valence-electron chi connectivity index (χ4n) is 2.30. The fourth-order valence-corrected chi connectivity index (χ4v) is 2.30. The average molecular weight is 268 g/mol. The highest BCUT2D eigenvalue weighted by molar-refractivity contribution is 5.82. The van der Waals surface area contributed by atoms with Gasteiger partial charge >= 0.3 is 0 Å². The topological polar surface area (TPSA) is 49.3 Å². The summed E-state index contributed by atoms with van der Waals surface area (Å²) < 4.78 is 0. The number of piperazine rings is 1. The number of anilines is 1. The molecule has 0 radical (unpaired) electrons. The summed E-state index contributed by atoms with van der Waals surface area (Å²) in [6, 6.07) is 11.8. The van der Waals surface area contributed by atoms with Gasteiger partial charge in [-0.1, -0.05) is 30.3 Å². The number of carbonyl (C=O) groups excluding carboxylic acids is 1. The van der Waals surface area contributed by atoms with Crippen molar-refractivity contribution in [2.45, 2.75) is 6.54 Å². The molecule has 2 aromatic rings. The van der Waals surface area contributed by atoms with Gasteiger partial charge in [-0.05, 0) is 11.6 Å². The molecule has 0 atom stereocenters. The molecule has 1 amide bonds. The zero-order chi connectivity index (χ0) is 13.8. The maximum absolute atomic E-state index is 12.2. The van der Waals surface area contributed by atoms with Crippen LogP contribution >= 0.6 is 0 Å². The van der Waals surface area contributed by atoms with Gasteiger partial charge in [0.15, 0.2) is 0 Å². The van der Waals surface area contributed by atoms with Gasteiger partial charge in [0.2, 0.25) is 11.9 Å². The van der Waals surface area contributed by atoms with Gasteiger partial charge in [0.1, 0.15) is 6.54 Å². The van der Waals surface area contributed by atoms with E-state index in [0.29, 0.717) is 25.6 Å². The fraction of sp³-hybridized carbons (Fsp3) is 0.267. The van der Waals surface area contributed by atoms with Crippen LogP contribution in [0.15, 0.2) is 48.8 Å². The molecule has 0 bridgehead atoms. The van der Waals surface area contributed by atoms with Crippen molar-refractivity contribution in [3.63, 3.8) is 0 Å². The Kier molecular flexibility index (Phi) is 3.58. The minimum Gasteiger partial charge on any atom is -0.335 e. The van der Waals surface area contributed by atoms with Crippen LogP contribution in [0.1, 0.15) is 5.56 Å². The zero-order valence-electron chi connectivity index (χ0n) is 11.1. The van der Waals surface area contributed by atoms with E-state index in [1.54, 1.807) is 18.5 Å². The molecular formula is C15H16N4O. The SMILES string of the molecule is O=C1CN(c2ncccn2)CCN1Cc1ccccc1. The van der Waals surface area contributed by atoms with Crippen molar-refractivity contribution in [2.75, 3.05) is 24.5 Å². The first-order valence-corrected chi connectivity index (χ1v) is 6.66. The number of aromatic nitrogens is 2. The highest BCUT2D eigenvalue weighted by atomic mass is 16.2. The number of carbonyl (C=O) groups is 1. The van der Waals surface area contributed by atoms with Crippen LogP contribution in [0, 0.1) is 0 Å². The number of nitrogens with zero attached hydrogens (tertiary/aromatic N) is 4. The highest BCUT2D eigenvalue weighted by Gasteiger charge is 2.25. The summed E-state index contributed by atoms with van der Waals surface area (Å²) in [5.41, 5.74) is 1.16. The Hall–Kier alpha value is -2.43. The third-order valence-corrected chi connectivity index (χ3v) is 3.37. The molecule has 5 heteroatoms. The molecule has 1 aromatic heterocycles. The average Bonchev–Trinajstić information content (AvgIpc) is 2.51. The lowest BCUT2D eigenvalue weighted by molar-refractivity contribution is -0.131. The van der Waals surface area contributed by atoms with Crippen LogP contribution < -0.4 is 4.90 Å². The summed E-state index contributed by atoms with van der Waals surface area (Å²) in [7, 11) is 0. The molecular weight excluding hydrogens is 252 g/mol. The first-order valence-electron chi connectivity index (χ1n) is 6.66. The monoisotopic (exact) mass is 268 g/mol. The molecule has 2 heterocycles. The van der Waals surface area contributed by atoms with E-state index in [2.05, 4.69) is 9.97 Å². The van der Waals surface area contributed by atoms with Crippen LogP contribution in [0.2, 0.25) is 0 Å². The minimum absolute atomic E-state index is 0.118. The number of hydrogen-bond donors (Lipinski definition) is 0. The lowest BCUT2D eigenvalue weighted by Gasteiger charge is -2.34. The van der Waals surface area contributed by atoms with Crippen LogP contribution in [0.3, 0.4) is 0 Å². The van der Waals surface area contributed by atoms with E-state index in [0.717, 1.165) is 12.1 Å². The summed E-state index contributed by atoms with van der Waals surface area (Å²) >= 11 is 0. The van der Waals surface area contributed by atoms with Gasteiger partial charge in [-0.15, -0.1) is 0 Å². The van der Waals surface area contributed by atoms with Gasteiger partial charge in [0, 0.05) is 32.0 Å². The standard InChI is InChI=1S/C15H16N4O/c20-14-12-19(15-16-7-4-8-17-15)10-9-18(14)11-13-5-2-1-3-6-13/h1-8H,9-12H2. The smallest absolute Gasteiger partial charge is 0.242 e. The molecule has 0 aliphatic carbocycles. The summed E-state index contributed by atoms with van der Waals surface area (Å²) in [6.45, 7) is 2.48. The molecule has 20 heavy (non-hydrogen) atoms. The summed E-state index contributed by atoms with van der Waals surface area (Å²) in [5, 5.41) is 0. The first-order chi connectivity index (χ1) is 9.83. The first kappa shape index (κ1) is 12.6. The Morgan fingerprint density at radius 1 is 1.00 bits per heavy atom. The van der Waals surface area contributed by atoms with Crippen molar-refractivity contribution in [2.24, 2.45) is 0 Å². The summed E-state index contributed by atoms with van der Waals surface area (Å²) in [6.07, 6.45) is 3.40. The predicted octanol–water partition coefficient (Wildman–Crippen LogP) is 1.33. The van der Waals surface area contributed by atoms with Crippen LogP contribution in [-0.2, 0) is 11.3 Å². The van der Waals surface area contributed by atoms with Gasteiger partial charge in [0.25, 0.3) is 0 Å². The Morgan fingerprint density at radius 3 is 2.45 bits per heavy atom. The molecule has 1 aromatic carbocycles. The van der Waals surface area contributed by atoms with Crippen molar-refractivity contribution in [1.82, 2.24) is 14.9 Å². The maximum Gasteiger partial charge on any atom is 0.242 e. The molecule has 102 valence electrons. The quantitative estimate of drug-likeness (QED) is 0.842. The largest absolute Gasteiger partial charge is 0.335 e. The second kappa shape index (κ2) is 5.69. The maximum atomic E-state index is 12.2. The molecule has 0 saturated carbocycles. The molecule has 1 aliphatic rings. The van der Waals surface area contributed by atoms with Crippen LogP contribution in [0.25, 0.3) is 0 Å². The molecule has 1 fully saturated rings. The number of amides is 1. The van der Waals surface area contributed by atoms with E-state index in [1.807, 2.05) is 40.1 Å². The predicted molar refractivity (Wildman–Crippen MR) is 76.1 cm³/mol. The van der Waals surface area contributed by atoms with Gasteiger partial charge in [-0.25, -0.2) is 9.97 Å². The summed E-state index contributed by atoms with van der Waals surface area (Å²) in [5.74, 6) is 0.743. The Balaban J connectivity index is 1.64. The lowest BCUT2D eigenvalue weighted by Crippen LogP contribution is -2.50. The number of benzene rings is 1. The van der Waals surface area contributed by atoms with E-state index < -0.39 is 0 Å². The third kappa shape index (κ3) is 2.77. The number of hydrogen-bond acceptors (Lipinski definition) is 4. The Labute approximate surface area is 117 Å². The van der Waals surface area contributed by atoms with Crippen LogP contribution in [-0.4, -0.2) is 40.4 Å².